The molecule has 6 heteroatoms. The van der Waals surface area contributed by atoms with Gasteiger partial charge < -0.3 is 15.7 Å². The Kier molecular flexibility index (Phi) is 4.07. The SMILES string of the molecule is CN(Cc1ccccc1F)c1ccc(F)c(N)c1C(=O)O. The number of carbonyl (C=O) groups is 1. The number of rotatable bonds is 4. The predicted molar refractivity (Wildman–Crippen MR) is 76.3 cm³/mol. The lowest BCUT2D eigenvalue weighted by molar-refractivity contribution is 0.0698. The molecule has 0 aliphatic rings. The van der Waals surface area contributed by atoms with Crippen molar-refractivity contribution in [3.05, 3.63) is 59.2 Å². The second-order valence-electron chi connectivity index (χ2n) is 4.61. The van der Waals surface area contributed by atoms with Gasteiger partial charge in [0.25, 0.3) is 0 Å². The van der Waals surface area contributed by atoms with Gasteiger partial charge in [-0.25, -0.2) is 13.6 Å². The highest BCUT2D eigenvalue weighted by atomic mass is 19.1. The van der Waals surface area contributed by atoms with Crippen LogP contribution in [-0.4, -0.2) is 18.1 Å². The molecule has 3 N–H and O–H groups in total. The molecule has 0 saturated carbocycles. The van der Waals surface area contributed by atoms with E-state index in [-0.39, 0.29) is 17.8 Å². The summed E-state index contributed by atoms with van der Waals surface area (Å²) in [7, 11) is 1.59. The molecule has 2 rings (SSSR count). The van der Waals surface area contributed by atoms with E-state index in [0.717, 1.165) is 6.07 Å². The molecule has 0 unspecified atom stereocenters. The molecule has 2 aromatic carbocycles. The molecule has 0 heterocycles. The van der Waals surface area contributed by atoms with Crippen LogP contribution in [0.15, 0.2) is 36.4 Å². The van der Waals surface area contributed by atoms with Crippen LogP contribution in [0.2, 0.25) is 0 Å². The number of hydrogen-bond acceptors (Lipinski definition) is 3. The van der Waals surface area contributed by atoms with Crippen molar-refractivity contribution >= 4 is 17.3 Å². The summed E-state index contributed by atoms with van der Waals surface area (Å²) in [5.41, 5.74) is 5.36. The average Bonchev–Trinajstić information content (AvgIpc) is 2.43. The summed E-state index contributed by atoms with van der Waals surface area (Å²) < 4.78 is 27.0. The topological polar surface area (TPSA) is 66.6 Å². The minimum absolute atomic E-state index is 0.137. The van der Waals surface area contributed by atoms with Gasteiger partial charge in [0.2, 0.25) is 0 Å². The molecule has 0 aliphatic carbocycles. The van der Waals surface area contributed by atoms with E-state index in [9.17, 15) is 18.7 Å². The molecule has 0 radical (unpaired) electrons. The number of aromatic carboxylic acids is 1. The van der Waals surface area contributed by atoms with Crippen molar-refractivity contribution in [1.29, 1.82) is 0 Å². The lowest BCUT2D eigenvalue weighted by Crippen LogP contribution is -2.21. The molecular formula is C15H14F2N2O2. The molecule has 0 saturated heterocycles. The van der Waals surface area contributed by atoms with Crippen molar-refractivity contribution in [3.63, 3.8) is 0 Å². The smallest absolute Gasteiger partial charge is 0.340 e. The Morgan fingerprint density at radius 3 is 2.48 bits per heavy atom. The molecule has 110 valence electrons. The van der Waals surface area contributed by atoms with E-state index in [2.05, 4.69) is 0 Å². The third-order valence-corrected chi connectivity index (χ3v) is 3.16. The highest BCUT2D eigenvalue weighted by molar-refractivity contribution is 6.00. The van der Waals surface area contributed by atoms with Crippen LogP contribution >= 0.6 is 0 Å². The second-order valence-corrected chi connectivity index (χ2v) is 4.61. The summed E-state index contributed by atoms with van der Waals surface area (Å²) in [4.78, 5) is 12.8. The van der Waals surface area contributed by atoms with Crippen LogP contribution in [-0.2, 0) is 6.54 Å². The van der Waals surface area contributed by atoms with E-state index in [1.165, 1.54) is 17.0 Å². The van der Waals surface area contributed by atoms with E-state index >= 15 is 0 Å². The van der Waals surface area contributed by atoms with Crippen LogP contribution in [0.3, 0.4) is 0 Å². The number of nitrogen functional groups attached to an aromatic ring is 1. The van der Waals surface area contributed by atoms with Crippen molar-refractivity contribution in [3.8, 4) is 0 Å². The van der Waals surface area contributed by atoms with Gasteiger partial charge >= 0.3 is 5.97 Å². The maximum Gasteiger partial charge on any atom is 0.340 e. The van der Waals surface area contributed by atoms with Crippen molar-refractivity contribution in [1.82, 2.24) is 0 Å². The van der Waals surface area contributed by atoms with Crippen molar-refractivity contribution in [2.24, 2.45) is 0 Å². The first-order valence-corrected chi connectivity index (χ1v) is 6.17. The summed E-state index contributed by atoms with van der Waals surface area (Å²) in [6.45, 7) is 0.137. The molecule has 0 amide bonds. The van der Waals surface area contributed by atoms with Crippen LogP contribution in [0, 0.1) is 11.6 Å². The van der Waals surface area contributed by atoms with Gasteiger partial charge in [0.1, 0.15) is 17.2 Å². The number of benzene rings is 2. The lowest BCUT2D eigenvalue weighted by atomic mass is 10.1. The normalized spacial score (nSPS) is 10.4. The van der Waals surface area contributed by atoms with Gasteiger partial charge in [-0.3, -0.25) is 0 Å². The van der Waals surface area contributed by atoms with Crippen LogP contribution in [0.1, 0.15) is 15.9 Å². The first-order chi connectivity index (χ1) is 9.91. The average molecular weight is 292 g/mol. The molecule has 0 fully saturated rings. The molecule has 0 bridgehead atoms. The van der Waals surface area contributed by atoms with Gasteiger partial charge in [-0.05, 0) is 18.2 Å². The van der Waals surface area contributed by atoms with E-state index in [1.807, 2.05) is 0 Å². The third-order valence-electron chi connectivity index (χ3n) is 3.16. The Morgan fingerprint density at radius 1 is 1.19 bits per heavy atom. The Balaban J connectivity index is 2.40. The molecule has 2 aromatic rings. The zero-order chi connectivity index (χ0) is 15.6. The van der Waals surface area contributed by atoms with Gasteiger partial charge in [0, 0.05) is 19.2 Å². The number of halogens is 2. The minimum atomic E-state index is -1.33. The number of nitrogens with two attached hydrogens (primary N) is 1. The fourth-order valence-electron chi connectivity index (χ4n) is 2.09. The van der Waals surface area contributed by atoms with Gasteiger partial charge in [-0.1, -0.05) is 18.2 Å². The van der Waals surface area contributed by atoms with Crippen LogP contribution in [0.5, 0.6) is 0 Å². The monoisotopic (exact) mass is 292 g/mol. The van der Waals surface area contributed by atoms with Crippen LogP contribution in [0.25, 0.3) is 0 Å². The first-order valence-electron chi connectivity index (χ1n) is 6.17. The van der Waals surface area contributed by atoms with Crippen molar-refractivity contribution < 1.29 is 18.7 Å². The fourth-order valence-corrected chi connectivity index (χ4v) is 2.09. The number of carboxylic acid groups (broad SMARTS) is 1. The van der Waals surface area contributed by atoms with E-state index in [0.29, 0.717) is 5.56 Å². The first kappa shape index (κ1) is 14.8. The van der Waals surface area contributed by atoms with E-state index in [4.69, 9.17) is 5.73 Å². The van der Waals surface area contributed by atoms with E-state index < -0.39 is 23.3 Å². The molecule has 0 spiro atoms. The second kappa shape index (κ2) is 5.78. The fraction of sp³-hybridized carbons (Fsp3) is 0.133. The molecule has 21 heavy (non-hydrogen) atoms. The Labute approximate surface area is 120 Å². The summed E-state index contributed by atoms with van der Waals surface area (Å²) >= 11 is 0. The Morgan fingerprint density at radius 2 is 1.86 bits per heavy atom. The maximum absolute atomic E-state index is 13.6. The van der Waals surface area contributed by atoms with Crippen molar-refractivity contribution in [2.75, 3.05) is 17.7 Å². The van der Waals surface area contributed by atoms with Gasteiger partial charge in [0.05, 0.1) is 11.4 Å². The van der Waals surface area contributed by atoms with Crippen molar-refractivity contribution in [2.45, 2.75) is 6.54 Å². The number of anilines is 2. The lowest BCUT2D eigenvalue weighted by Gasteiger charge is -2.22. The molecule has 0 aromatic heterocycles. The van der Waals surface area contributed by atoms with E-state index in [1.54, 1.807) is 25.2 Å². The molecule has 0 atom stereocenters. The van der Waals surface area contributed by atoms with Gasteiger partial charge in [-0.15, -0.1) is 0 Å². The number of carboxylic acids is 1. The number of hydrogen-bond donors (Lipinski definition) is 2. The van der Waals surface area contributed by atoms with Crippen LogP contribution < -0.4 is 10.6 Å². The summed E-state index contributed by atoms with van der Waals surface area (Å²) in [5.74, 6) is -2.52. The quantitative estimate of drug-likeness (QED) is 0.850. The third kappa shape index (κ3) is 2.94. The summed E-state index contributed by atoms with van der Waals surface area (Å²) in [5, 5.41) is 9.19. The Hall–Kier alpha value is -2.63. The number of nitrogens with zero attached hydrogens (tertiary/aromatic N) is 1. The zero-order valence-corrected chi connectivity index (χ0v) is 11.3. The largest absolute Gasteiger partial charge is 0.478 e. The van der Waals surface area contributed by atoms with Gasteiger partial charge in [-0.2, -0.15) is 0 Å². The minimum Gasteiger partial charge on any atom is -0.478 e. The van der Waals surface area contributed by atoms with Crippen LogP contribution in [0.4, 0.5) is 20.2 Å². The van der Waals surface area contributed by atoms with Gasteiger partial charge in [0.15, 0.2) is 0 Å². The molecule has 0 aliphatic heterocycles. The standard InChI is InChI=1S/C15H14F2N2O2/c1-19(8-9-4-2-3-5-10(9)16)12-7-6-11(17)14(18)13(12)15(20)21/h2-7H,8,18H2,1H3,(H,20,21). The maximum atomic E-state index is 13.6. The zero-order valence-electron chi connectivity index (χ0n) is 11.3. The molecule has 4 nitrogen and oxygen atoms in total. The highest BCUT2D eigenvalue weighted by Gasteiger charge is 2.20. The predicted octanol–water partition coefficient (Wildman–Crippen LogP) is 2.88. The summed E-state index contributed by atoms with van der Waals surface area (Å²) in [6, 6.07) is 8.57. The summed E-state index contributed by atoms with van der Waals surface area (Å²) in [6.07, 6.45) is 0. The Bertz CT molecular complexity index is 689. The molecular weight excluding hydrogens is 278 g/mol. The highest BCUT2D eigenvalue weighted by Crippen LogP contribution is 2.28.